The minimum atomic E-state index is -5.02. The monoisotopic (exact) mass is 273 g/mol. The van der Waals surface area contributed by atoms with Crippen molar-refractivity contribution in [3.8, 4) is 0 Å². The van der Waals surface area contributed by atoms with Gasteiger partial charge >= 0.3 is 6.18 Å². The number of amides is 1. The molecule has 1 aliphatic heterocycles. The highest BCUT2D eigenvalue weighted by atomic mass is 19.4. The summed E-state index contributed by atoms with van der Waals surface area (Å²) in [4.78, 5) is 15.6. The summed E-state index contributed by atoms with van der Waals surface area (Å²) in [6, 6.07) is 2.72. The van der Waals surface area contributed by atoms with Crippen molar-refractivity contribution in [1.29, 1.82) is 0 Å². The molecule has 0 aliphatic carbocycles. The summed E-state index contributed by atoms with van der Waals surface area (Å²) >= 11 is 0. The standard InChI is InChI=1S/C11H10F3N3O2/c1-7-5-10(19,11(12,13)14)17(16-7)9(18)8-3-2-4-15-6-8/h2-6,16,19H,1H3/t10-/m1/s1. The molecule has 1 amide bonds. The minimum Gasteiger partial charge on any atom is -0.359 e. The Bertz CT molecular complexity index is 530. The lowest BCUT2D eigenvalue weighted by atomic mass is 10.1. The van der Waals surface area contributed by atoms with E-state index in [1.165, 1.54) is 25.3 Å². The number of carbonyl (C=O) groups is 1. The highest BCUT2D eigenvalue weighted by molar-refractivity contribution is 5.94. The lowest BCUT2D eigenvalue weighted by Crippen LogP contribution is -2.60. The van der Waals surface area contributed by atoms with Gasteiger partial charge in [0, 0.05) is 18.1 Å². The van der Waals surface area contributed by atoms with Gasteiger partial charge in [-0.2, -0.15) is 13.2 Å². The van der Waals surface area contributed by atoms with Crippen LogP contribution in [-0.2, 0) is 0 Å². The van der Waals surface area contributed by atoms with E-state index in [9.17, 15) is 23.1 Å². The number of nitrogens with zero attached hydrogens (tertiary/aromatic N) is 2. The number of rotatable bonds is 1. The summed E-state index contributed by atoms with van der Waals surface area (Å²) < 4.78 is 38.7. The van der Waals surface area contributed by atoms with Crippen LogP contribution in [0.4, 0.5) is 13.2 Å². The summed E-state index contributed by atoms with van der Waals surface area (Å²) in [6.45, 7) is 1.31. The van der Waals surface area contributed by atoms with E-state index in [0.29, 0.717) is 6.08 Å². The molecule has 0 spiro atoms. The number of aromatic nitrogens is 1. The zero-order chi connectivity index (χ0) is 14.3. The summed E-state index contributed by atoms with van der Waals surface area (Å²) in [5.74, 6) is -1.03. The van der Waals surface area contributed by atoms with Crippen molar-refractivity contribution in [2.45, 2.75) is 18.8 Å². The van der Waals surface area contributed by atoms with Crippen LogP contribution in [0, 0.1) is 0 Å². The molecule has 102 valence electrons. The van der Waals surface area contributed by atoms with Crippen molar-refractivity contribution in [3.05, 3.63) is 41.9 Å². The van der Waals surface area contributed by atoms with Gasteiger partial charge < -0.3 is 5.11 Å². The molecule has 8 heteroatoms. The second kappa shape index (κ2) is 4.23. The quantitative estimate of drug-likeness (QED) is 0.807. The average Bonchev–Trinajstić information content (AvgIpc) is 2.65. The van der Waals surface area contributed by atoms with E-state index in [4.69, 9.17) is 0 Å². The van der Waals surface area contributed by atoms with E-state index < -0.39 is 17.8 Å². The number of hydrogen-bond donors (Lipinski definition) is 2. The molecule has 1 aromatic rings. The number of pyridine rings is 1. The van der Waals surface area contributed by atoms with Crippen LogP contribution in [0.3, 0.4) is 0 Å². The van der Waals surface area contributed by atoms with E-state index in [-0.39, 0.29) is 16.3 Å². The van der Waals surface area contributed by atoms with Crippen molar-refractivity contribution in [1.82, 2.24) is 15.4 Å². The SMILES string of the molecule is CC1=C[C@@](O)(C(F)(F)F)N(C(=O)c2cccnc2)N1. The van der Waals surface area contributed by atoms with Crippen LogP contribution in [0.1, 0.15) is 17.3 Å². The van der Waals surface area contributed by atoms with Gasteiger partial charge in [0.1, 0.15) is 0 Å². The van der Waals surface area contributed by atoms with Gasteiger partial charge in [0.05, 0.1) is 5.56 Å². The van der Waals surface area contributed by atoms with Gasteiger partial charge in [0.25, 0.3) is 11.6 Å². The maximum absolute atomic E-state index is 12.9. The Morgan fingerprint density at radius 3 is 2.74 bits per heavy atom. The molecule has 1 atom stereocenters. The normalized spacial score (nSPS) is 23.0. The molecule has 2 rings (SSSR count). The third-order valence-corrected chi connectivity index (χ3v) is 2.58. The van der Waals surface area contributed by atoms with Gasteiger partial charge in [0.2, 0.25) is 0 Å². The van der Waals surface area contributed by atoms with E-state index in [2.05, 4.69) is 10.4 Å². The molecular weight excluding hydrogens is 263 g/mol. The van der Waals surface area contributed by atoms with E-state index >= 15 is 0 Å². The zero-order valence-corrected chi connectivity index (χ0v) is 9.77. The number of alkyl halides is 3. The molecule has 1 aromatic heterocycles. The molecule has 2 heterocycles. The molecule has 0 fully saturated rings. The van der Waals surface area contributed by atoms with E-state index in [1.807, 2.05) is 0 Å². The van der Waals surface area contributed by atoms with Crippen molar-refractivity contribution < 1.29 is 23.1 Å². The van der Waals surface area contributed by atoms with Crippen molar-refractivity contribution >= 4 is 5.91 Å². The molecule has 5 nitrogen and oxygen atoms in total. The highest BCUT2D eigenvalue weighted by Gasteiger charge is 2.61. The van der Waals surface area contributed by atoms with Crippen LogP contribution < -0.4 is 5.43 Å². The lowest BCUT2D eigenvalue weighted by Gasteiger charge is -2.33. The largest absolute Gasteiger partial charge is 0.442 e. The van der Waals surface area contributed by atoms with Crippen LogP contribution in [0.5, 0.6) is 0 Å². The summed E-state index contributed by atoms with van der Waals surface area (Å²) in [6.07, 6.45) is -1.97. The third-order valence-electron chi connectivity index (χ3n) is 2.58. The van der Waals surface area contributed by atoms with Gasteiger partial charge in [0.15, 0.2) is 0 Å². The Hall–Kier alpha value is -2.09. The van der Waals surface area contributed by atoms with Gasteiger partial charge in [-0.05, 0) is 25.1 Å². The Balaban J connectivity index is 2.38. The number of aliphatic hydroxyl groups is 1. The molecule has 1 aliphatic rings. The fourth-order valence-corrected chi connectivity index (χ4v) is 1.69. The van der Waals surface area contributed by atoms with Crippen LogP contribution >= 0.6 is 0 Å². The van der Waals surface area contributed by atoms with Gasteiger partial charge in [-0.1, -0.05) is 0 Å². The molecule has 0 aromatic carbocycles. The topological polar surface area (TPSA) is 65.5 Å². The zero-order valence-electron chi connectivity index (χ0n) is 9.77. The van der Waals surface area contributed by atoms with Crippen LogP contribution in [0.15, 0.2) is 36.3 Å². The van der Waals surface area contributed by atoms with Gasteiger partial charge in [-0.25, -0.2) is 5.01 Å². The van der Waals surface area contributed by atoms with E-state index in [1.54, 1.807) is 0 Å². The molecule has 0 unspecified atom stereocenters. The number of halogens is 3. The van der Waals surface area contributed by atoms with Gasteiger partial charge in [-0.3, -0.25) is 15.2 Å². The average molecular weight is 273 g/mol. The Morgan fingerprint density at radius 2 is 2.21 bits per heavy atom. The molecule has 0 saturated carbocycles. The number of allylic oxidation sites excluding steroid dienone is 1. The lowest BCUT2D eigenvalue weighted by molar-refractivity contribution is -0.283. The van der Waals surface area contributed by atoms with Crippen molar-refractivity contribution in [3.63, 3.8) is 0 Å². The molecule has 2 N–H and O–H groups in total. The first-order valence-corrected chi connectivity index (χ1v) is 5.25. The summed E-state index contributed by atoms with van der Waals surface area (Å²) in [7, 11) is 0. The second-order valence-electron chi connectivity index (χ2n) is 4.05. The summed E-state index contributed by atoms with van der Waals surface area (Å²) in [5, 5.41) is 9.85. The fraction of sp³-hybridized carbons (Fsp3) is 0.273. The first-order chi connectivity index (χ1) is 8.75. The van der Waals surface area contributed by atoms with Gasteiger partial charge in [-0.15, -0.1) is 0 Å². The predicted octanol–water partition coefficient (Wildman–Crippen LogP) is 1.20. The third kappa shape index (κ3) is 2.14. The predicted molar refractivity (Wildman–Crippen MR) is 58.3 cm³/mol. The second-order valence-corrected chi connectivity index (χ2v) is 4.05. The smallest absolute Gasteiger partial charge is 0.359 e. The molecular formula is C11H10F3N3O2. The number of hydrazine groups is 1. The van der Waals surface area contributed by atoms with E-state index in [0.717, 1.165) is 6.20 Å². The fourth-order valence-electron chi connectivity index (χ4n) is 1.69. The maximum atomic E-state index is 12.9. The first kappa shape index (κ1) is 13.3. The van der Waals surface area contributed by atoms with Crippen molar-refractivity contribution in [2.75, 3.05) is 0 Å². The Labute approximate surface area is 106 Å². The number of carbonyl (C=O) groups excluding carboxylic acids is 1. The summed E-state index contributed by atoms with van der Waals surface area (Å²) in [5.41, 5.74) is -1.22. The first-order valence-electron chi connectivity index (χ1n) is 5.25. The molecule has 19 heavy (non-hydrogen) atoms. The Kier molecular flexibility index (Phi) is 2.97. The Morgan fingerprint density at radius 1 is 1.53 bits per heavy atom. The van der Waals surface area contributed by atoms with Crippen LogP contribution in [0.25, 0.3) is 0 Å². The number of nitrogens with one attached hydrogen (secondary N) is 1. The maximum Gasteiger partial charge on any atom is 0.442 e. The molecule has 0 radical (unpaired) electrons. The number of hydrogen-bond acceptors (Lipinski definition) is 4. The molecule has 0 saturated heterocycles. The highest BCUT2D eigenvalue weighted by Crippen LogP contribution is 2.38. The molecule has 0 bridgehead atoms. The van der Waals surface area contributed by atoms with Crippen LogP contribution in [-0.4, -0.2) is 32.9 Å². The van der Waals surface area contributed by atoms with Crippen LogP contribution in [0.2, 0.25) is 0 Å². The minimum absolute atomic E-state index is 0.0251. The van der Waals surface area contributed by atoms with Crippen molar-refractivity contribution in [2.24, 2.45) is 0 Å².